The van der Waals surface area contributed by atoms with Gasteiger partial charge in [0.25, 0.3) is 11.1 Å². The predicted octanol–water partition coefficient (Wildman–Crippen LogP) is 7.20. The number of amides is 3. The number of ether oxygens (including phenoxy) is 2. The lowest BCUT2D eigenvalue weighted by atomic mass is 10.2. The Bertz CT molecular complexity index is 1390. The van der Waals surface area contributed by atoms with Gasteiger partial charge in [0.15, 0.2) is 0 Å². The molecule has 0 unspecified atom stereocenters. The molecule has 11 heteroatoms. The van der Waals surface area contributed by atoms with Gasteiger partial charge in [0.1, 0.15) is 24.7 Å². The molecule has 0 spiro atoms. The molecule has 0 aliphatic carbocycles. The number of hydrogen-bond acceptors (Lipinski definition) is 6. The van der Waals surface area contributed by atoms with E-state index in [2.05, 4.69) is 50.5 Å². The largest absolute Gasteiger partial charge is 0.494 e. The summed E-state index contributed by atoms with van der Waals surface area (Å²) in [5.74, 6) is 0.418. The minimum Gasteiger partial charge on any atom is -0.494 e. The number of halogens is 3. The fraction of sp³-hybridized carbons (Fsp3) is 0.148. The van der Waals surface area contributed by atoms with Gasteiger partial charge in [-0.3, -0.25) is 19.3 Å². The third-order valence-corrected chi connectivity index (χ3v) is 8.15. The van der Waals surface area contributed by atoms with Crippen LogP contribution in [0.1, 0.15) is 18.1 Å². The summed E-state index contributed by atoms with van der Waals surface area (Å²) in [7, 11) is 0. The van der Waals surface area contributed by atoms with Crippen molar-refractivity contribution in [3.63, 3.8) is 0 Å². The van der Waals surface area contributed by atoms with Crippen LogP contribution < -0.4 is 14.8 Å². The maximum Gasteiger partial charge on any atom is 0.294 e. The monoisotopic (exact) mass is 774 g/mol. The molecule has 1 fully saturated rings. The predicted molar refractivity (Wildman–Crippen MR) is 167 cm³/mol. The number of rotatable bonds is 9. The van der Waals surface area contributed by atoms with Gasteiger partial charge < -0.3 is 14.8 Å². The van der Waals surface area contributed by atoms with Crippen molar-refractivity contribution in [1.82, 2.24) is 4.90 Å². The lowest BCUT2D eigenvalue weighted by molar-refractivity contribution is -0.127. The highest BCUT2D eigenvalue weighted by atomic mass is 127. The number of benzene rings is 3. The van der Waals surface area contributed by atoms with Gasteiger partial charge in [-0.1, -0.05) is 29.8 Å². The van der Waals surface area contributed by atoms with Crippen molar-refractivity contribution in [3.05, 3.63) is 88.9 Å². The standard InChI is InChI=1S/C27H21ClI2N2O5S/c1-2-36-19-9-7-18(8-10-19)31-24(33)14-32-26(34)23(38-27(32)35)13-16-11-21(29)25(22(30)12-16)37-15-17-5-3-4-6-20(17)28/h3-13H,2,14-15H2,1H3,(H,31,33)/b23-13+. The first-order chi connectivity index (χ1) is 18.2. The fourth-order valence-corrected chi connectivity index (χ4v) is 6.66. The smallest absolute Gasteiger partial charge is 0.294 e. The van der Waals surface area contributed by atoms with Crippen LogP contribution in [0, 0.1) is 7.14 Å². The Morgan fingerprint density at radius 2 is 1.74 bits per heavy atom. The van der Waals surface area contributed by atoms with Crippen LogP contribution >= 0.6 is 68.5 Å². The van der Waals surface area contributed by atoms with Crippen molar-refractivity contribution in [2.45, 2.75) is 13.5 Å². The zero-order chi connectivity index (χ0) is 27.2. The summed E-state index contributed by atoms with van der Waals surface area (Å²) >= 11 is 11.4. The summed E-state index contributed by atoms with van der Waals surface area (Å²) in [4.78, 5) is 39.2. The average molecular weight is 775 g/mol. The minimum atomic E-state index is -0.508. The van der Waals surface area contributed by atoms with Crippen LogP contribution in [-0.2, 0) is 16.2 Å². The van der Waals surface area contributed by atoms with Gasteiger partial charge >= 0.3 is 0 Å². The molecule has 0 atom stereocenters. The molecule has 3 aromatic rings. The zero-order valence-electron chi connectivity index (χ0n) is 20.0. The molecule has 1 saturated heterocycles. The van der Waals surface area contributed by atoms with Crippen LogP contribution in [0.15, 0.2) is 65.6 Å². The Morgan fingerprint density at radius 1 is 1.05 bits per heavy atom. The molecule has 4 rings (SSSR count). The first-order valence-corrected chi connectivity index (χ1v) is 14.7. The summed E-state index contributed by atoms with van der Waals surface area (Å²) in [5.41, 5.74) is 2.17. The van der Waals surface area contributed by atoms with Crippen LogP contribution in [0.4, 0.5) is 10.5 Å². The van der Waals surface area contributed by atoms with E-state index in [4.69, 9.17) is 21.1 Å². The Balaban J connectivity index is 1.41. The normalized spacial score (nSPS) is 14.2. The maximum atomic E-state index is 12.9. The van der Waals surface area contributed by atoms with Crippen LogP contribution in [0.3, 0.4) is 0 Å². The van der Waals surface area contributed by atoms with E-state index in [1.54, 1.807) is 30.3 Å². The quantitative estimate of drug-likeness (QED) is 0.183. The van der Waals surface area contributed by atoms with E-state index < -0.39 is 17.1 Å². The molecular formula is C27H21ClI2N2O5S. The summed E-state index contributed by atoms with van der Waals surface area (Å²) in [5, 5.41) is 2.84. The molecule has 1 N–H and O–H groups in total. The second-order valence-electron chi connectivity index (χ2n) is 7.97. The van der Waals surface area contributed by atoms with Crippen molar-refractivity contribution in [3.8, 4) is 11.5 Å². The van der Waals surface area contributed by atoms with Crippen LogP contribution in [0.2, 0.25) is 5.02 Å². The molecule has 7 nitrogen and oxygen atoms in total. The number of imide groups is 1. The first-order valence-electron chi connectivity index (χ1n) is 11.4. The van der Waals surface area contributed by atoms with Gasteiger partial charge in [-0.25, -0.2) is 0 Å². The van der Waals surface area contributed by atoms with Gasteiger partial charge in [0.05, 0.1) is 18.7 Å². The van der Waals surface area contributed by atoms with Crippen molar-refractivity contribution >= 4 is 97.4 Å². The highest BCUT2D eigenvalue weighted by Crippen LogP contribution is 2.35. The van der Waals surface area contributed by atoms with E-state index in [9.17, 15) is 14.4 Å². The van der Waals surface area contributed by atoms with E-state index in [-0.39, 0.29) is 11.4 Å². The van der Waals surface area contributed by atoms with Crippen molar-refractivity contribution in [2.24, 2.45) is 0 Å². The van der Waals surface area contributed by atoms with Crippen LogP contribution in [0.5, 0.6) is 11.5 Å². The number of hydrogen-bond donors (Lipinski definition) is 1. The van der Waals surface area contributed by atoms with Gasteiger partial charge in [-0.05, 0) is 118 Å². The van der Waals surface area contributed by atoms with E-state index in [1.165, 1.54) is 0 Å². The Hall–Kier alpha value is -2.29. The van der Waals surface area contributed by atoms with Crippen molar-refractivity contribution in [1.29, 1.82) is 0 Å². The van der Waals surface area contributed by atoms with Crippen molar-refractivity contribution in [2.75, 3.05) is 18.5 Å². The van der Waals surface area contributed by atoms with Gasteiger partial charge in [0.2, 0.25) is 5.91 Å². The summed E-state index contributed by atoms with van der Waals surface area (Å²) < 4.78 is 13.1. The SMILES string of the molecule is CCOc1ccc(NC(=O)CN2C(=O)S/C(=C/c3cc(I)c(OCc4ccccc4Cl)c(I)c3)C2=O)cc1. The van der Waals surface area contributed by atoms with E-state index in [0.29, 0.717) is 35.4 Å². The Labute approximate surface area is 256 Å². The zero-order valence-corrected chi connectivity index (χ0v) is 25.9. The minimum absolute atomic E-state index is 0.250. The molecule has 1 aliphatic heterocycles. The summed E-state index contributed by atoms with van der Waals surface area (Å²) in [6.07, 6.45) is 1.65. The number of anilines is 1. The van der Waals surface area contributed by atoms with Crippen LogP contribution in [-0.4, -0.2) is 35.1 Å². The molecular weight excluding hydrogens is 754 g/mol. The average Bonchev–Trinajstić information content (AvgIpc) is 3.13. The highest BCUT2D eigenvalue weighted by molar-refractivity contribution is 14.1. The van der Waals surface area contributed by atoms with Crippen molar-refractivity contribution < 1.29 is 23.9 Å². The maximum absolute atomic E-state index is 12.9. The van der Waals surface area contributed by atoms with E-state index in [0.717, 1.165) is 34.9 Å². The Kier molecular flexibility index (Phi) is 9.96. The first kappa shape index (κ1) is 28.7. The van der Waals surface area contributed by atoms with E-state index in [1.807, 2.05) is 43.3 Å². The lowest BCUT2D eigenvalue weighted by Gasteiger charge is -2.13. The molecule has 38 heavy (non-hydrogen) atoms. The fourth-order valence-electron chi connectivity index (χ4n) is 3.50. The summed E-state index contributed by atoms with van der Waals surface area (Å²) in [6.45, 7) is 2.37. The third-order valence-electron chi connectivity index (χ3n) is 5.27. The number of thioether (sulfide) groups is 1. The molecule has 0 radical (unpaired) electrons. The van der Waals surface area contributed by atoms with Gasteiger partial charge in [-0.2, -0.15) is 0 Å². The Morgan fingerprint density at radius 3 is 2.39 bits per heavy atom. The van der Waals surface area contributed by atoms with Gasteiger partial charge in [0, 0.05) is 16.3 Å². The molecule has 3 aromatic carbocycles. The van der Waals surface area contributed by atoms with E-state index >= 15 is 0 Å². The molecule has 3 amide bonds. The number of carbonyl (C=O) groups excluding carboxylic acids is 3. The highest BCUT2D eigenvalue weighted by Gasteiger charge is 2.36. The molecule has 1 heterocycles. The second kappa shape index (κ2) is 13.2. The van der Waals surface area contributed by atoms with Crippen LogP contribution in [0.25, 0.3) is 6.08 Å². The molecule has 0 bridgehead atoms. The number of carbonyl (C=O) groups is 3. The number of nitrogens with zero attached hydrogens (tertiary/aromatic N) is 1. The second-order valence-corrected chi connectivity index (χ2v) is 11.7. The molecule has 0 aromatic heterocycles. The molecule has 0 saturated carbocycles. The number of nitrogens with one attached hydrogen (secondary N) is 1. The van der Waals surface area contributed by atoms with Gasteiger partial charge in [-0.15, -0.1) is 0 Å². The lowest BCUT2D eigenvalue weighted by Crippen LogP contribution is -2.36. The molecule has 1 aliphatic rings. The topological polar surface area (TPSA) is 84.9 Å². The summed E-state index contributed by atoms with van der Waals surface area (Å²) in [6, 6.07) is 18.1. The third kappa shape index (κ3) is 7.21. The molecule has 196 valence electrons.